The summed E-state index contributed by atoms with van der Waals surface area (Å²) >= 11 is 0. The summed E-state index contributed by atoms with van der Waals surface area (Å²) < 4.78 is 0. The molecule has 0 radical (unpaired) electrons. The van der Waals surface area contributed by atoms with E-state index < -0.39 is 0 Å². The van der Waals surface area contributed by atoms with Crippen molar-refractivity contribution in [3.05, 3.63) is 59.8 Å². The molecule has 4 aliphatic rings. The van der Waals surface area contributed by atoms with Gasteiger partial charge in [0.15, 0.2) is 0 Å². The molecule has 3 N–H and O–H groups in total. The highest BCUT2D eigenvalue weighted by atomic mass is 15.0. The maximum atomic E-state index is 5.67. The first kappa shape index (κ1) is 15.4. The zero-order valence-corrected chi connectivity index (χ0v) is 14.7. The number of nitrogens with two attached hydrogens (primary N) is 1. The SMILES string of the molecule is NCc1ccc(NCC23CC4CC2CC(c2ccccc2)(C4)C3)nc1. The Hall–Kier alpha value is -1.87. The lowest BCUT2D eigenvalue weighted by Crippen LogP contribution is -2.36. The minimum atomic E-state index is 0.436. The summed E-state index contributed by atoms with van der Waals surface area (Å²) in [6, 6.07) is 15.5. The number of nitrogens with one attached hydrogen (secondary N) is 1. The molecular formula is C22H27N3. The van der Waals surface area contributed by atoms with Crippen LogP contribution in [0.2, 0.25) is 0 Å². The van der Waals surface area contributed by atoms with Crippen LogP contribution in [-0.2, 0) is 12.0 Å². The summed E-state index contributed by atoms with van der Waals surface area (Å²) in [5, 5.41) is 3.66. The number of pyridine rings is 1. The van der Waals surface area contributed by atoms with Gasteiger partial charge in [-0.1, -0.05) is 36.4 Å². The van der Waals surface area contributed by atoms with Crippen LogP contribution in [0.4, 0.5) is 5.82 Å². The summed E-state index contributed by atoms with van der Waals surface area (Å²) in [5.74, 6) is 2.79. The number of benzene rings is 1. The predicted molar refractivity (Wildman–Crippen MR) is 101 cm³/mol. The van der Waals surface area contributed by atoms with Gasteiger partial charge in [-0.3, -0.25) is 0 Å². The predicted octanol–water partition coefficient (Wildman–Crippen LogP) is 4.10. The maximum absolute atomic E-state index is 5.67. The van der Waals surface area contributed by atoms with Crippen molar-refractivity contribution in [2.24, 2.45) is 23.0 Å². The van der Waals surface area contributed by atoms with Gasteiger partial charge in [-0.05, 0) is 72.0 Å². The van der Waals surface area contributed by atoms with Gasteiger partial charge in [0.25, 0.3) is 0 Å². The van der Waals surface area contributed by atoms with E-state index in [1.54, 1.807) is 5.56 Å². The molecule has 4 aliphatic carbocycles. The average molecular weight is 333 g/mol. The molecule has 2 aromatic rings. The number of hydrogen-bond donors (Lipinski definition) is 2. The molecule has 130 valence electrons. The van der Waals surface area contributed by atoms with E-state index in [4.69, 9.17) is 5.73 Å². The number of hydrogen-bond acceptors (Lipinski definition) is 3. The van der Waals surface area contributed by atoms with Gasteiger partial charge in [0, 0.05) is 19.3 Å². The Balaban J connectivity index is 1.37. The number of aromatic nitrogens is 1. The summed E-state index contributed by atoms with van der Waals surface area (Å²) in [7, 11) is 0. The number of rotatable bonds is 5. The molecular weight excluding hydrogens is 306 g/mol. The molecule has 0 aliphatic heterocycles. The first-order valence-corrected chi connectivity index (χ1v) is 9.66. The fraction of sp³-hybridized carbons (Fsp3) is 0.500. The highest BCUT2D eigenvalue weighted by Gasteiger charge is 2.63. The Bertz CT molecular complexity index is 757. The van der Waals surface area contributed by atoms with Crippen molar-refractivity contribution in [2.45, 2.75) is 44.1 Å². The minimum Gasteiger partial charge on any atom is -0.370 e. The molecule has 4 bridgehead atoms. The summed E-state index contributed by atoms with van der Waals surface area (Å²) in [6.07, 6.45) is 8.87. The van der Waals surface area contributed by atoms with E-state index in [0.29, 0.717) is 17.4 Å². The third-order valence-corrected chi connectivity index (χ3v) is 7.25. The lowest BCUT2D eigenvalue weighted by Gasteiger charge is -2.41. The Morgan fingerprint density at radius 2 is 1.96 bits per heavy atom. The third-order valence-electron chi connectivity index (χ3n) is 7.25. The smallest absolute Gasteiger partial charge is 0.125 e. The van der Waals surface area contributed by atoms with Gasteiger partial charge in [-0.25, -0.2) is 4.98 Å². The Labute approximate surface area is 150 Å². The number of anilines is 1. The number of nitrogens with zero attached hydrogens (tertiary/aromatic N) is 1. The molecule has 25 heavy (non-hydrogen) atoms. The third kappa shape index (κ3) is 2.40. The van der Waals surface area contributed by atoms with Crippen LogP contribution in [0, 0.1) is 17.3 Å². The largest absolute Gasteiger partial charge is 0.370 e. The van der Waals surface area contributed by atoms with Crippen LogP contribution in [0.25, 0.3) is 0 Å². The van der Waals surface area contributed by atoms with Crippen LogP contribution >= 0.6 is 0 Å². The molecule has 4 saturated carbocycles. The molecule has 4 fully saturated rings. The molecule has 6 rings (SSSR count). The van der Waals surface area contributed by atoms with Gasteiger partial charge in [-0.15, -0.1) is 0 Å². The van der Waals surface area contributed by atoms with Gasteiger partial charge in [0.2, 0.25) is 0 Å². The van der Waals surface area contributed by atoms with Gasteiger partial charge in [-0.2, -0.15) is 0 Å². The molecule has 0 amide bonds. The fourth-order valence-corrected chi connectivity index (χ4v) is 6.40. The Morgan fingerprint density at radius 1 is 1.08 bits per heavy atom. The highest BCUT2D eigenvalue weighted by Crippen LogP contribution is 2.70. The van der Waals surface area contributed by atoms with Crippen LogP contribution < -0.4 is 11.1 Å². The van der Waals surface area contributed by atoms with E-state index in [1.807, 2.05) is 6.20 Å². The Morgan fingerprint density at radius 3 is 2.72 bits per heavy atom. The minimum absolute atomic E-state index is 0.436. The topological polar surface area (TPSA) is 50.9 Å². The zero-order valence-electron chi connectivity index (χ0n) is 14.7. The van der Waals surface area contributed by atoms with Crippen LogP contribution in [0.5, 0.6) is 0 Å². The summed E-state index contributed by atoms with van der Waals surface area (Å²) in [5.41, 5.74) is 9.24. The van der Waals surface area contributed by atoms with Gasteiger partial charge in [0.1, 0.15) is 5.82 Å². The van der Waals surface area contributed by atoms with E-state index in [0.717, 1.165) is 29.8 Å². The van der Waals surface area contributed by atoms with Gasteiger partial charge < -0.3 is 11.1 Å². The van der Waals surface area contributed by atoms with Crippen LogP contribution in [-0.4, -0.2) is 11.5 Å². The van der Waals surface area contributed by atoms with Crippen LogP contribution in [0.15, 0.2) is 48.7 Å². The van der Waals surface area contributed by atoms with Crippen molar-refractivity contribution in [1.82, 2.24) is 4.98 Å². The normalized spacial score (nSPS) is 35.2. The molecule has 1 heterocycles. The highest BCUT2D eigenvalue weighted by molar-refractivity contribution is 5.38. The van der Waals surface area contributed by atoms with Crippen molar-refractivity contribution in [1.29, 1.82) is 0 Å². The van der Waals surface area contributed by atoms with E-state index in [1.165, 1.54) is 32.1 Å². The first-order chi connectivity index (χ1) is 12.2. The average Bonchev–Trinajstić information content (AvgIpc) is 3.04. The van der Waals surface area contributed by atoms with Crippen LogP contribution in [0.3, 0.4) is 0 Å². The second-order valence-corrected chi connectivity index (χ2v) is 8.71. The second kappa shape index (κ2) is 5.57. The molecule has 4 unspecified atom stereocenters. The van der Waals surface area contributed by atoms with E-state index in [9.17, 15) is 0 Å². The molecule has 0 saturated heterocycles. The maximum Gasteiger partial charge on any atom is 0.125 e. The lowest BCUT2D eigenvalue weighted by molar-refractivity contribution is 0.187. The monoisotopic (exact) mass is 333 g/mol. The van der Waals surface area contributed by atoms with E-state index >= 15 is 0 Å². The van der Waals surface area contributed by atoms with Crippen molar-refractivity contribution in [2.75, 3.05) is 11.9 Å². The van der Waals surface area contributed by atoms with Gasteiger partial charge in [0.05, 0.1) is 0 Å². The van der Waals surface area contributed by atoms with E-state index in [2.05, 4.69) is 52.8 Å². The molecule has 3 nitrogen and oxygen atoms in total. The van der Waals surface area contributed by atoms with Gasteiger partial charge >= 0.3 is 0 Å². The molecule has 1 aromatic carbocycles. The molecule has 1 aromatic heterocycles. The second-order valence-electron chi connectivity index (χ2n) is 8.71. The molecule has 4 atom stereocenters. The summed E-state index contributed by atoms with van der Waals surface area (Å²) in [4.78, 5) is 4.54. The molecule has 3 heteroatoms. The standard InChI is InChI=1S/C22H27N3/c23-12-16-6-7-20(24-13-16)25-15-22-10-17-8-19(22)11-21(9-17,14-22)18-4-2-1-3-5-18/h1-7,13,17,19H,8-12,14-15,23H2,(H,24,25). The quantitative estimate of drug-likeness (QED) is 0.866. The van der Waals surface area contributed by atoms with E-state index in [-0.39, 0.29) is 0 Å². The van der Waals surface area contributed by atoms with Crippen molar-refractivity contribution < 1.29 is 0 Å². The van der Waals surface area contributed by atoms with Crippen molar-refractivity contribution >= 4 is 5.82 Å². The van der Waals surface area contributed by atoms with Crippen LogP contribution in [0.1, 0.15) is 43.2 Å². The summed E-state index contributed by atoms with van der Waals surface area (Å²) in [6.45, 7) is 1.62. The van der Waals surface area contributed by atoms with Crippen molar-refractivity contribution in [3.8, 4) is 0 Å². The molecule has 0 spiro atoms. The fourth-order valence-electron chi connectivity index (χ4n) is 6.40. The lowest BCUT2D eigenvalue weighted by atomic mass is 9.64. The zero-order chi connectivity index (χ0) is 16.9. The van der Waals surface area contributed by atoms with Crippen molar-refractivity contribution in [3.63, 3.8) is 0 Å². The first-order valence-electron chi connectivity index (χ1n) is 9.66. The Kier molecular flexibility index (Phi) is 3.43.